The lowest BCUT2D eigenvalue weighted by Crippen LogP contribution is -2.31. The lowest BCUT2D eigenvalue weighted by Gasteiger charge is -2.15. The molecule has 96 valence electrons. The molecule has 3 amide bonds. The number of nitrogens with zero attached hydrogens (tertiary/aromatic N) is 1. The van der Waals surface area contributed by atoms with E-state index >= 15 is 0 Å². The number of anilines is 1. The standard InChI is InChI=1S/C10H6ClF3N2O2/c11-6-3-5(10(12,13)14)1-2-7(6)16-8(17)4-15-9(16)18/h1-3H,4H2,(H,15,18). The highest BCUT2D eigenvalue weighted by molar-refractivity contribution is 6.35. The van der Waals surface area contributed by atoms with Crippen LogP contribution in [0.15, 0.2) is 18.2 Å². The van der Waals surface area contributed by atoms with Gasteiger partial charge in [-0.25, -0.2) is 9.69 Å². The number of hydrogen-bond donors (Lipinski definition) is 1. The molecule has 0 spiro atoms. The van der Waals surface area contributed by atoms with Crippen LogP contribution in [0.3, 0.4) is 0 Å². The van der Waals surface area contributed by atoms with Gasteiger partial charge in [-0.2, -0.15) is 13.2 Å². The summed E-state index contributed by atoms with van der Waals surface area (Å²) in [6.07, 6.45) is -4.53. The van der Waals surface area contributed by atoms with Crippen molar-refractivity contribution in [3.05, 3.63) is 28.8 Å². The van der Waals surface area contributed by atoms with E-state index in [1.54, 1.807) is 0 Å². The highest BCUT2D eigenvalue weighted by atomic mass is 35.5. The number of imide groups is 1. The number of urea groups is 1. The van der Waals surface area contributed by atoms with Gasteiger partial charge in [0.2, 0.25) is 0 Å². The maximum absolute atomic E-state index is 12.4. The Hall–Kier alpha value is -1.76. The van der Waals surface area contributed by atoms with Crippen LogP contribution < -0.4 is 10.2 Å². The Morgan fingerprint density at radius 2 is 1.94 bits per heavy atom. The Labute approximate surface area is 104 Å². The first-order valence-corrected chi connectivity index (χ1v) is 5.16. The molecule has 2 rings (SSSR count). The van der Waals surface area contributed by atoms with Crippen molar-refractivity contribution in [1.29, 1.82) is 0 Å². The predicted octanol–water partition coefficient (Wildman–Crippen LogP) is 2.42. The molecule has 0 radical (unpaired) electrons. The van der Waals surface area contributed by atoms with Gasteiger partial charge in [-0.05, 0) is 18.2 Å². The van der Waals surface area contributed by atoms with Gasteiger partial charge in [0.1, 0.15) is 0 Å². The lowest BCUT2D eigenvalue weighted by molar-refractivity contribution is -0.137. The number of benzene rings is 1. The summed E-state index contributed by atoms with van der Waals surface area (Å²) in [5.74, 6) is -0.568. The first-order chi connectivity index (χ1) is 8.30. The van der Waals surface area contributed by atoms with Crippen molar-refractivity contribution in [1.82, 2.24) is 5.32 Å². The van der Waals surface area contributed by atoms with Gasteiger partial charge in [0.15, 0.2) is 0 Å². The average molecular weight is 279 g/mol. The molecule has 8 heteroatoms. The van der Waals surface area contributed by atoms with E-state index < -0.39 is 23.7 Å². The summed E-state index contributed by atoms with van der Waals surface area (Å²) < 4.78 is 37.2. The van der Waals surface area contributed by atoms with E-state index in [0.29, 0.717) is 11.0 Å². The molecule has 0 atom stereocenters. The van der Waals surface area contributed by atoms with Gasteiger partial charge in [-0.3, -0.25) is 4.79 Å². The molecule has 1 aliphatic rings. The predicted molar refractivity (Wildman–Crippen MR) is 57.3 cm³/mol. The summed E-state index contributed by atoms with van der Waals surface area (Å²) in [6.45, 7) is -0.198. The van der Waals surface area contributed by atoms with E-state index in [2.05, 4.69) is 5.32 Å². The maximum Gasteiger partial charge on any atom is 0.416 e. The minimum atomic E-state index is -4.53. The van der Waals surface area contributed by atoms with Crippen molar-refractivity contribution in [2.45, 2.75) is 6.18 Å². The minimum absolute atomic E-state index is 0.0651. The molecule has 0 aliphatic carbocycles. The number of amides is 3. The highest BCUT2D eigenvalue weighted by Crippen LogP contribution is 2.35. The Morgan fingerprint density at radius 1 is 1.28 bits per heavy atom. The molecule has 4 nitrogen and oxygen atoms in total. The van der Waals surface area contributed by atoms with Gasteiger partial charge in [0.25, 0.3) is 5.91 Å². The van der Waals surface area contributed by atoms with Crippen LogP contribution in [-0.2, 0) is 11.0 Å². The first kappa shape index (κ1) is 12.7. The van der Waals surface area contributed by atoms with E-state index in [4.69, 9.17) is 11.6 Å². The van der Waals surface area contributed by atoms with Gasteiger partial charge < -0.3 is 5.32 Å². The van der Waals surface area contributed by atoms with Crippen LogP contribution in [0.2, 0.25) is 5.02 Å². The summed E-state index contributed by atoms with van der Waals surface area (Å²) in [5.41, 5.74) is -1.01. The van der Waals surface area contributed by atoms with Crippen molar-refractivity contribution < 1.29 is 22.8 Å². The summed E-state index contributed by atoms with van der Waals surface area (Å²) in [5, 5.41) is 1.94. The molecule has 1 aromatic rings. The minimum Gasteiger partial charge on any atom is -0.328 e. The Bertz CT molecular complexity index is 514. The molecule has 1 fully saturated rings. The summed E-state index contributed by atoms with van der Waals surface area (Å²) >= 11 is 5.67. The van der Waals surface area contributed by atoms with Crippen molar-refractivity contribution in [3.63, 3.8) is 0 Å². The van der Waals surface area contributed by atoms with Crippen LogP contribution in [0, 0.1) is 0 Å². The van der Waals surface area contributed by atoms with Gasteiger partial charge in [-0.15, -0.1) is 0 Å². The third kappa shape index (κ3) is 2.13. The fraction of sp³-hybridized carbons (Fsp3) is 0.200. The summed E-state index contributed by atoms with van der Waals surface area (Å²) in [7, 11) is 0. The molecule has 0 saturated carbocycles. The third-order valence-electron chi connectivity index (χ3n) is 2.36. The summed E-state index contributed by atoms with van der Waals surface area (Å²) in [6, 6.07) is 1.73. The molecule has 1 saturated heterocycles. The van der Waals surface area contributed by atoms with E-state index in [9.17, 15) is 22.8 Å². The fourth-order valence-electron chi connectivity index (χ4n) is 1.53. The molecule has 1 heterocycles. The van der Waals surface area contributed by atoms with Crippen molar-refractivity contribution in [3.8, 4) is 0 Å². The molecule has 0 unspecified atom stereocenters. The van der Waals surface area contributed by atoms with E-state index in [0.717, 1.165) is 12.1 Å². The monoisotopic (exact) mass is 278 g/mol. The molecule has 18 heavy (non-hydrogen) atoms. The number of alkyl halides is 3. The van der Waals surface area contributed by atoms with Crippen molar-refractivity contribution in [2.75, 3.05) is 11.4 Å². The molecule has 1 aromatic carbocycles. The van der Waals surface area contributed by atoms with Crippen LogP contribution in [0.25, 0.3) is 0 Å². The van der Waals surface area contributed by atoms with Gasteiger partial charge in [0.05, 0.1) is 22.8 Å². The number of hydrogen-bond acceptors (Lipinski definition) is 2. The van der Waals surface area contributed by atoms with Gasteiger partial charge >= 0.3 is 12.2 Å². The Balaban J connectivity index is 2.42. The number of rotatable bonds is 1. The molecule has 0 bridgehead atoms. The second-order valence-electron chi connectivity index (χ2n) is 3.55. The normalized spacial score (nSPS) is 16.1. The van der Waals surface area contributed by atoms with Crippen molar-refractivity contribution in [2.24, 2.45) is 0 Å². The maximum atomic E-state index is 12.4. The Morgan fingerprint density at radius 3 is 2.39 bits per heavy atom. The zero-order valence-electron chi connectivity index (χ0n) is 8.71. The third-order valence-corrected chi connectivity index (χ3v) is 2.66. The molecular formula is C10H6ClF3N2O2. The van der Waals surface area contributed by atoms with Crippen LogP contribution in [0.4, 0.5) is 23.7 Å². The quantitative estimate of drug-likeness (QED) is 0.802. The largest absolute Gasteiger partial charge is 0.416 e. The van der Waals surface area contributed by atoms with Gasteiger partial charge in [0, 0.05) is 0 Å². The van der Waals surface area contributed by atoms with Crippen LogP contribution >= 0.6 is 11.6 Å². The van der Waals surface area contributed by atoms with Crippen LogP contribution in [-0.4, -0.2) is 18.5 Å². The molecular weight excluding hydrogens is 273 g/mol. The highest BCUT2D eigenvalue weighted by Gasteiger charge is 2.34. The van der Waals surface area contributed by atoms with Crippen molar-refractivity contribution >= 4 is 29.2 Å². The Kier molecular flexibility index (Phi) is 2.94. The number of carbonyl (C=O) groups excluding carboxylic acids is 2. The average Bonchev–Trinajstić information content (AvgIpc) is 2.58. The number of halogens is 4. The number of carbonyl (C=O) groups is 2. The first-order valence-electron chi connectivity index (χ1n) is 4.78. The second kappa shape index (κ2) is 4.16. The zero-order valence-corrected chi connectivity index (χ0v) is 9.47. The molecule has 1 N–H and O–H groups in total. The van der Waals surface area contributed by atoms with E-state index in [1.165, 1.54) is 0 Å². The van der Waals surface area contributed by atoms with Crippen LogP contribution in [0.5, 0.6) is 0 Å². The zero-order chi connectivity index (χ0) is 13.5. The topological polar surface area (TPSA) is 49.4 Å². The smallest absolute Gasteiger partial charge is 0.328 e. The van der Waals surface area contributed by atoms with E-state index in [-0.39, 0.29) is 17.3 Å². The van der Waals surface area contributed by atoms with Gasteiger partial charge in [-0.1, -0.05) is 11.6 Å². The van der Waals surface area contributed by atoms with E-state index in [1.807, 2.05) is 0 Å². The fourth-order valence-corrected chi connectivity index (χ4v) is 1.80. The molecule has 1 aliphatic heterocycles. The SMILES string of the molecule is O=C1CNC(=O)N1c1ccc(C(F)(F)F)cc1Cl. The second-order valence-corrected chi connectivity index (χ2v) is 3.96. The van der Waals surface area contributed by atoms with Crippen LogP contribution in [0.1, 0.15) is 5.56 Å². The number of nitrogens with one attached hydrogen (secondary N) is 1. The lowest BCUT2D eigenvalue weighted by atomic mass is 10.2. The summed E-state index contributed by atoms with van der Waals surface area (Å²) in [4.78, 5) is 23.4. The molecule has 0 aromatic heterocycles.